The van der Waals surface area contributed by atoms with Crippen LogP contribution in [0.3, 0.4) is 0 Å². The van der Waals surface area contributed by atoms with Gasteiger partial charge < -0.3 is 4.74 Å². The highest BCUT2D eigenvalue weighted by Gasteiger charge is 2.35. The summed E-state index contributed by atoms with van der Waals surface area (Å²) in [6, 6.07) is 17.6. The Morgan fingerprint density at radius 2 is 1.72 bits per heavy atom. The molecule has 1 N–H and O–H groups in total. The average Bonchev–Trinajstić information content (AvgIpc) is 2.85. The summed E-state index contributed by atoms with van der Waals surface area (Å²) in [4.78, 5) is 27.2. The zero-order valence-electron chi connectivity index (χ0n) is 18.8. The van der Waals surface area contributed by atoms with Crippen molar-refractivity contribution in [2.75, 3.05) is 4.90 Å². The number of thiocarbonyl (C=S) groups is 1. The van der Waals surface area contributed by atoms with Crippen LogP contribution in [0.2, 0.25) is 15.1 Å². The van der Waals surface area contributed by atoms with Crippen molar-refractivity contribution in [3.05, 3.63) is 111 Å². The van der Waals surface area contributed by atoms with E-state index in [-0.39, 0.29) is 33.0 Å². The van der Waals surface area contributed by atoms with Gasteiger partial charge in [0.2, 0.25) is 0 Å². The lowest BCUT2D eigenvalue weighted by Gasteiger charge is -2.29. The van der Waals surface area contributed by atoms with Crippen molar-refractivity contribution in [2.45, 2.75) is 13.0 Å². The Balaban J connectivity index is 1.65. The summed E-state index contributed by atoms with van der Waals surface area (Å²) in [5, 5.41) is 3.49. The predicted molar refractivity (Wildman–Crippen MR) is 149 cm³/mol. The summed E-state index contributed by atoms with van der Waals surface area (Å²) >= 11 is 23.9. The molecular formula is C27H19Cl3N2O3S. The number of hydrogen-bond donors (Lipinski definition) is 1. The molecular weight excluding hydrogens is 539 g/mol. The monoisotopic (exact) mass is 556 g/mol. The molecule has 182 valence electrons. The molecule has 36 heavy (non-hydrogen) atoms. The number of carbonyl (C=O) groups excluding carboxylic acids is 2. The van der Waals surface area contributed by atoms with Crippen LogP contribution in [0.5, 0.6) is 5.75 Å². The van der Waals surface area contributed by atoms with Gasteiger partial charge in [-0.3, -0.25) is 19.8 Å². The molecule has 1 fully saturated rings. The van der Waals surface area contributed by atoms with Gasteiger partial charge in [0.05, 0.1) is 15.7 Å². The molecule has 1 aliphatic rings. The quantitative estimate of drug-likeness (QED) is 0.150. The summed E-state index contributed by atoms with van der Waals surface area (Å²) in [5.41, 5.74) is 2.49. The van der Waals surface area contributed by atoms with E-state index in [0.29, 0.717) is 22.8 Å². The van der Waals surface area contributed by atoms with Gasteiger partial charge in [0.1, 0.15) is 17.9 Å². The smallest absolute Gasteiger partial charge is 0.270 e. The van der Waals surface area contributed by atoms with E-state index < -0.39 is 11.8 Å². The van der Waals surface area contributed by atoms with Gasteiger partial charge in [-0.25, -0.2) is 0 Å². The van der Waals surface area contributed by atoms with E-state index >= 15 is 0 Å². The molecule has 0 atom stereocenters. The minimum absolute atomic E-state index is 0.0815. The number of ether oxygens (including phenoxy) is 1. The van der Waals surface area contributed by atoms with Gasteiger partial charge in [-0.1, -0.05) is 71.2 Å². The summed E-state index contributed by atoms with van der Waals surface area (Å²) in [5.74, 6) is -0.578. The fourth-order valence-electron chi connectivity index (χ4n) is 3.62. The molecule has 5 nitrogen and oxygen atoms in total. The first kappa shape index (κ1) is 25.9. The first-order valence-corrected chi connectivity index (χ1v) is 12.3. The largest absolute Gasteiger partial charge is 0.489 e. The number of benzene rings is 3. The second-order valence-electron chi connectivity index (χ2n) is 7.77. The Morgan fingerprint density at radius 3 is 2.47 bits per heavy atom. The highest BCUT2D eigenvalue weighted by molar-refractivity contribution is 7.80. The summed E-state index contributed by atoms with van der Waals surface area (Å²) in [6.07, 6.45) is 3.76. The second-order valence-corrected chi connectivity index (χ2v) is 9.35. The first-order valence-electron chi connectivity index (χ1n) is 10.8. The SMILES string of the molecule is C=CCc1cc(/C=C2\C(=O)NC(=S)N(c3cccc(Cl)c3Cl)C2=O)ccc1OCc1ccccc1Cl. The van der Waals surface area contributed by atoms with Crippen molar-refractivity contribution in [1.82, 2.24) is 5.32 Å². The van der Waals surface area contributed by atoms with Gasteiger partial charge in [0.25, 0.3) is 11.8 Å². The lowest BCUT2D eigenvalue weighted by Crippen LogP contribution is -2.54. The predicted octanol–water partition coefficient (Wildman–Crippen LogP) is 6.79. The van der Waals surface area contributed by atoms with E-state index in [9.17, 15) is 9.59 Å². The lowest BCUT2D eigenvalue weighted by atomic mass is 10.0. The minimum atomic E-state index is -0.614. The number of nitrogens with zero attached hydrogens (tertiary/aromatic N) is 1. The Hall–Kier alpha value is -3.16. The number of amides is 2. The second kappa shape index (κ2) is 11.3. The molecule has 0 aromatic heterocycles. The van der Waals surface area contributed by atoms with Crippen LogP contribution in [0.15, 0.2) is 78.9 Å². The standard InChI is InChI=1S/C27H19Cl3N2O3S/c1-2-6-17-13-16(11-12-23(17)35-15-18-7-3-4-8-20(18)28)14-19-25(33)31-27(36)32(26(19)34)22-10-5-9-21(29)24(22)30/h2-5,7-14H,1,6,15H2,(H,31,33,36)/b19-14+. The average molecular weight is 558 g/mol. The van der Waals surface area contributed by atoms with Crippen LogP contribution < -0.4 is 15.0 Å². The van der Waals surface area contributed by atoms with E-state index in [1.807, 2.05) is 24.3 Å². The molecule has 0 bridgehead atoms. The highest BCUT2D eigenvalue weighted by atomic mass is 35.5. The summed E-state index contributed by atoms with van der Waals surface area (Å²) in [6.45, 7) is 4.10. The maximum atomic E-state index is 13.3. The van der Waals surface area contributed by atoms with E-state index in [4.69, 9.17) is 51.8 Å². The molecule has 0 aliphatic carbocycles. The number of carbonyl (C=O) groups is 2. The Bertz CT molecular complexity index is 1420. The zero-order valence-corrected chi connectivity index (χ0v) is 21.8. The fraction of sp³-hybridized carbons (Fsp3) is 0.0741. The molecule has 0 spiro atoms. The molecule has 3 aromatic carbocycles. The molecule has 2 amide bonds. The molecule has 3 aromatic rings. The maximum absolute atomic E-state index is 13.3. The van der Waals surface area contributed by atoms with Crippen LogP contribution in [0.4, 0.5) is 5.69 Å². The van der Waals surface area contributed by atoms with Gasteiger partial charge in [-0.05, 0) is 66.2 Å². The van der Waals surface area contributed by atoms with Crippen molar-refractivity contribution in [3.63, 3.8) is 0 Å². The number of anilines is 1. The normalized spacial score (nSPS) is 14.7. The Morgan fingerprint density at radius 1 is 0.972 bits per heavy atom. The van der Waals surface area contributed by atoms with E-state index in [1.165, 1.54) is 6.08 Å². The van der Waals surface area contributed by atoms with Crippen molar-refractivity contribution in [2.24, 2.45) is 0 Å². The molecule has 1 aliphatic heterocycles. The van der Waals surface area contributed by atoms with Gasteiger partial charge >= 0.3 is 0 Å². The molecule has 0 radical (unpaired) electrons. The molecule has 0 saturated carbocycles. The molecule has 0 unspecified atom stereocenters. The van der Waals surface area contributed by atoms with Gasteiger partial charge in [-0.2, -0.15) is 0 Å². The number of rotatable bonds is 7. The van der Waals surface area contributed by atoms with Gasteiger partial charge in [0.15, 0.2) is 5.11 Å². The Kier molecular flexibility index (Phi) is 8.11. The van der Waals surface area contributed by atoms with Gasteiger partial charge in [0, 0.05) is 10.6 Å². The minimum Gasteiger partial charge on any atom is -0.489 e. The third-order valence-corrected chi connectivity index (χ3v) is 6.84. The van der Waals surface area contributed by atoms with Crippen molar-refractivity contribution >= 4 is 75.7 Å². The van der Waals surface area contributed by atoms with Crippen molar-refractivity contribution < 1.29 is 14.3 Å². The molecule has 4 rings (SSSR count). The zero-order chi connectivity index (χ0) is 25.8. The van der Waals surface area contributed by atoms with E-state index in [2.05, 4.69) is 11.9 Å². The van der Waals surface area contributed by atoms with Crippen LogP contribution in [0.1, 0.15) is 16.7 Å². The number of hydrogen-bond acceptors (Lipinski definition) is 4. The van der Waals surface area contributed by atoms with Crippen LogP contribution in [-0.2, 0) is 22.6 Å². The van der Waals surface area contributed by atoms with Crippen LogP contribution in [0.25, 0.3) is 6.08 Å². The summed E-state index contributed by atoms with van der Waals surface area (Å²) < 4.78 is 6.01. The topological polar surface area (TPSA) is 58.6 Å². The molecule has 1 heterocycles. The van der Waals surface area contributed by atoms with E-state index in [0.717, 1.165) is 16.0 Å². The van der Waals surface area contributed by atoms with Crippen molar-refractivity contribution in [3.8, 4) is 5.75 Å². The third-order valence-electron chi connectivity index (χ3n) is 5.37. The number of allylic oxidation sites excluding steroid dienone is 1. The van der Waals surface area contributed by atoms with Crippen molar-refractivity contribution in [1.29, 1.82) is 0 Å². The maximum Gasteiger partial charge on any atom is 0.270 e. The molecule has 1 saturated heterocycles. The highest BCUT2D eigenvalue weighted by Crippen LogP contribution is 2.34. The van der Waals surface area contributed by atoms with E-state index in [1.54, 1.807) is 42.5 Å². The third kappa shape index (κ3) is 5.47. The van der Waals surface area contributed by atoms with Crippen LogP contribution >= 0.6 is 47.0 Å². The van der Waals surface area contributed by atoms with Crippen LogP contribution in [-0.4, -0.2) is 16.9 Å². The molecule has 9 heteroatoms. The lowest BCUT2D eigenvalue weighted by molar-refractivity contribution is -0.122. The first-order chi connectivity index (χ1) is 17.3. The van der Waals surface area contributed by atoms with Crippen LogP contribution in [0, 0.1) is 0 Å². The number of halogens is 3. The Labute approximate surface area is 228 Å². The van der Waals surface area contributed by atoms with Gasteiger partial charge in [-0.15, -0.1) is 6.58 Å². The number of nitrogens with one attached hydrogen (secondary N) is 1. The fourth-order valence-corrected chi connectivity index (χ4v) is 4.47. The summed E-state index contributed by atoms with van der Waals surface area (Å²) in [7, 11) is 0.